The Morgan fingerprint density at radius 1 is 1.42 bits per heavy atom. The van der Waals surface area contributed by atoms with Gasteiger partial charge in [-0.25, -0.2) is 0 Å². The van der Waals surface area contributed by atoms with Crippen molar-refractivity contribution in [2.24, 2.45) is 5.41 Å². The summed E-state index contributed by atoms with van der Waals surface area (Å²) < 4.78 is 5.44. The van der Waals surface area contributed by atoms with Gasteiger partial charge in [0.1, 0.15) is 0 Å². The number of carbonyl (C=O) groups is 1. The van der Waals surface area contributed by atoms with E-state index >= 15 is 0 Å². The average Bonchev–Trinajstić information content (AvgIpc) is 2.35. The van der Waals surface area contributed by atoms with Crippen molar-refractivity contribution in [3.8, 4) is 0 Å². The van der Waals surface area contributed by atoms with E-state index in [9.17, 15) is 4.79 Å². The van der Waals surface area contributed by atoms with E-state index in [1.54, 1.807) is 0 Å². The lowest BCUT2D eigenvalue weighted by Gasteiger charge is -2.41. The van der Waals surface area contributed by atoms with Gasteiger partial charge in [-0.2, -0.15) is 0 Å². The van der Waals surface area contributed by atoms with E-state index < -0.39 is 11.4 Å². The highest BCUT2D eigenvalue weighted by atomic mass is 16.5. The molecule has 0 radical (unpaired) electrons. The Morgan fingerprint density at radius 3 is 2.50 bits per heavy atom. The highest BCUT2D eigenvalue weighted by Crippen LogP contribution is 2.48. The SMILES string of the molecule is O=C(O)C1(C2CCCO2)CCC1. The van der Waals surface area contributed by atoms with Crippen molar-refractivity contribution in [2.45, 2.75) is 38.2 Å². The monoisotopic (exact) mass is 170 g/mol. The lowest BCUT2D eigenvalue weighted by atomic mass is 9.64. The molecule has 2 fully saturated rings. The first-order valence-electron chi connectivity index (χ1n) is 4.61. The van der Waals surface area contributed by atoms with Crippen molar-refractivity contribution < 1.29 is 14.6 Å². The van der Waals surface area contributed by atoms with Crippen LogP contribution >= 0.6 is 0 Å². The fraction of sp³-hybridized carbons (Fsp3) is 0.889. The van der Waals surface area contributed by atoms with Crippen molar-refractivity contribution in [3.05, 3.63) is 0 Å². The summed E-state index contributed by atoms with van der Waals surface area (Å²) >= 11 is 0. The fourth-order valence-corrected chi connectivity index (χ4v) is 2.24. The van der Waals surface area contributed by atoms with Crippen LogP contribution in [0.4, 0.5) is 0 Å². The molecular weight excluding hydrogens is 156 g/mol. The van der Waals surface area contributed by atoms with Gasteiger partial charge < -0.3 is 9.84 Å². The van der Waals surface area contributed by atoms with Crippen molar-refractivity contribution in [2.75, 3.05) is 6.61 Å². The highest BCUT2D eigenvalue weighted by molar-refractivity contribution is 5.76. The number of hydrogen-bond acceptors (Lipinski definition) is 2. The molecule has 0 aromatic heterocycles. The van der Waals surface area contributed by atoms with E-state index in [1.807, 2.05) is 0 Å². The minimum absolute atomic E-state index is 0.00347. The van der Waals surface area contributed by atoms with E-state index in [1.165, 1.54) is 0 Å². The van der Waals surface area contributed by atoms with Crippen molar-refractivity contribution >= 4 is 5.97 Å². The van der Waals surface area contributed by atoms with Crippen LogP contribution in [-0.2, 0) is 9.53 Å². The van der Waals surface area contributed by atoms with Gasteiger partial charge in [-0.1, -0.05) is 6.42 Å². The maximum atomic E-state index is 11.0. The van der Waals surface area contributed by atoms with Crippen LogP contribution in [-0.4, -0.2) is 23.8 Å². The lowest BCUT2D eigenvalue weighted by Crippen LogP contribution is -2.47. The summed E-state index contributed by atoms with van der Waals surface area (Å²) in [6.45, 7) is 0.750. The van der Waals surface area contributed by atoms with Gasteiger partial charge in [-0.15, -0.1) is 0 Å². The molecule has 3 heteroatoms. The topological polar surface area (TPSA) is 46.5 Å². The Kier molecular flexibility index (Phi) is 1.83. The number of carboxylic acid groups (broad SMARTS) is 1. The summed E-state index contributed by atoms with van der Waals surface area (Å²) in [5.41, 5.74) is -0.503. The van der Waals surface area contributed by atoms with Crippen LogP contribution in [0.2, 0.25) is 0 Å². The van der Waals surface area contributed by atoms with Gasteiger partial charge in [0.2, 0.25) is 0 Å². The molecular formula is C9H14O3. The van der Waals surface area contributed by atoms with Crippen LogP contribution in [0, 0.1) is 5.41 Å². The van der Waals surface area contributed by atoms with E-state index in [-0.39, 0.29) is 6.10 Å². The maximum Gasteiger partial charge on any atom is 0.312 e. The normalized spacial score (nSPS) is 32.8. The molecule has 3 nitrogen and oxygen atoms in total. The molecule has 1 unspecified atom stereocenters. The molecule has 0 bridgehead atoms. The van der Waals surface area contributed by atoms with Gasteiger partial charge in [-0.3, -0.25) is 4.79 Å². The summed E-state index contributed by atoms with van der Waals surface area (Å²) in [5.74, 6) is -0.652. The molecule has 0 aromatic rings. The predicted molar refractivity (Wildman–Crippen MR) is 42.9 cm³/mol. The minimum atomic E-state index is -0.652. The Labute approximate surface area is 71.7 Å². The third-order valence-corrected chi connectivity index (χ3v) is 3.22. The molecule has 1 N–H and O–H groups in total. The Morgan fingerprint density at radius 2 is 2.17 bits per heavy atom. The number of ether oxygens (including phenoxy) is 1. The number of aliphatic carboxylic acids is 1. The van der Waals surface area contributed by atoms with Gasteiger partial charge in [0.15, 0.2) is 0 Å². The summed E-state index contributed by atoms with van der Waals surface area (Å²) in [4.78, 5) is 11.0. The first kappa shape index (κ1) is 8.05. The van der Waals surface area contributed by atoms with Crippen LogP contribution < -0.4 is 0 Å². The highest BCUT2D eigenvalue weighted by Gasteiger charge is 2.52. The molecule has 0 aromatic carbocycles. The van der Waals surface area contributed by atoms with E-state index in [0.29, 0.717) is 0 Å². The second-order valence-electron chi connectivity index (χ2n) is 3.82. The third-order valence-electron chi connectivity index (χ3n) is 3.22. The van der Waals surface area contributed by atoms with Crippen LogP contribution in [0.15, 0.2) is 0 Å². The Hall–Kier alpha value is -0.570. The molecule has 1 saturated heterocycles. The molecule has 1 saturated carbocycles. The minimum Gasteiger partial charge on any atom is -0.481 e. The van der Waals surface area contributed by atoms with E-state index in [2.05, 4.69) is 0 Å². The molecule has 1 aliphatic heterocycles. The van der Waals surface area contributed by atoms with E-state index in [4.69, 9.17) is 9.84 Å². The summed E-state index contributed by atoms with van der Waals surface area (Å²) in [6, 6.07) is 0. The number of hydrogen-bond donors (Lipinski definition) is 1. The van der Waals surface area contributed by atoms with Crippen molar-refractivity contribution in [3.63, 3.8) is 0 Å². The van der Waals surface area contributed by atoms with Gasteiger partial charge in [0.25, 0.3) is 0 Å². The zero-order valence-electron chi connectivity index (χ0n) is 7.08. The van der Waals surface area contributed by atoms with Crippen LogP contribution in [0.1, 0.15) is 32.1 Å². The van der Waals surface area contributed by atoms with Gasteiger partial charge in [0, 0.05) is 6.61 Å². The molecule has 1 atom stereocenters. The molecule has 2 aliphatic rings. The first-order valence-corrected chi connectivity index (χ1v) is 4.61. The van der Waals surface area contributed by atoms with Crippen LogP contribution in [0.5, 0.6) is 0 Å². The average molecular weight is 170 g/mol. The summed E-state index contributed by atoms with van der Waals surface area (Å²) in [7, 11) is 0. The maximum absolute atomic E-state index is 11.0. The van der Waals surface area contributed by atoms with Gasteiger partial charge >= 0.3 is 5.97 Å². The molecule has 0 amide bonds. The lowest BCUT2D eigenvalue weighted by molar-refractivity contribution is -0.166. The second-order valence-corrected chi connectivity index (χ2v) is 3.82. The largest absolute Gasteiger partial charge is 0.481 e. The van der Waals surface area contributed by atoms with Crippen LogP contribution in [0.3, 0.4) is 0 Å². The van der Waals surface area contributed by atoms with Crippen molar-refractivity contribution in [1.29, 1.82) is 0 Å². The molecule has 0 spiro atoms. The quantitative estimate of drug-likeness (QED) is 0.681. The smallest absolute Gasteiger partial charge is 0.312 e. The number of rotatable bonds is 2. The predicted octanol–water partition coefficient (Wildman–Crippen LogP) is 1.42. The standard InChI is InChI=1S/C9H14O3/c10-8(11)9(4-2-5-9)7-3-1-6-12-7/h7H,1-6H2,(H,10,11). The Balaban J connectivity index is 2.10. The summed E-state index contributed by atoms with van der Waals surface area (Å²) in [5, 5.41) is 9.06. The Bertz CT molecular complexity index is 190. The van der Waals surface area contributed by atoms with Gasteiger partial charge in [0.05, 0.1) is 11.5 Å². The summed E-state index contributed by atoms with van der Waals surface area (Å²) in [6.07, 6.45) is 4.64. The molecule has 12 heavy (non-hydrogen) atoms. The zero-order valence-corrected chi connectivity index (χ0v) is 7.08. The molecule has 68 valence electrons. The van der Waals surface area contributed by atoms with Crippen molar-refractivity contribution in [1.82, 2.24) is 0 Å². The zero-order chi connectivity index (χ0) is 8.60. The number of carboxylic acids is 1. The van der Waals surface area contributed by atoms with Crippen LogP contribution in [0.25, 0.3) is 0 Å². The van der Waals surface area contributed by atoms with E-state index in [0.717, 1.165) is 38.7 Å². The third kappa shape index (κ3) is 0.959. The molecule has 2 rings (SSSR count). The second kappa shape index (κ2) is 2.73. The fourth-order valence-electron chi connectivity index (χ4n) is 2.24. The molecule has 1 heterocycles. The van der Waals surface area contributed by atoms with Gasteiger partial charge in [-0.05, 0) is 25.7 Å². The molecule has 1 aliphatic carbocycles. The first-order chi connectivity index (χ1) is 5.76.